The van der Waals surface area contributed by atoms with Gasteiger partial charge in [0.1, 0.15) is 18.9 Å². The largest absolute Gasteiger partial charge is 0.488 e. The highest BCUT2D eigenvalue weighted by molar-refractivity contribution is 6.30. The Morgan fingerprint density at radius 3 is 2.54 bits per heavy atom. The van der Waals surface area contributed by atoms with Gasteiger partial charge in [-0.1, -0.05) is 11.6 Å². The standard InChI is InChI=1S/C19H19ClFN3O4/c20-15-2-4-16(5-3-15)28-12-11-22-7-9-23(10-8-22)19(25)14-1-6-17(21)18(13-14)24(26)27/h1-6,13H,7-12H2/p+1. The predicted molar refractivity (Wildman–Crippen MR) is 101 cm³/mol. The lowest BCUT2D eigenvalue weighted by Gasteiger charge is -2.32. The van der Waals surface area contributed by atoms with Crippen LogP contribution in [0.25, 0.3) is 0 Å². The Kier molecular flexibility index (Phi) is 6.43. The second kappa shape index (κ2) is 8.99. The molecule has 0 unspecified atom stereocenters. The number of halogens is 2. The Bertz CT molecular complexity index is 855. The minimum absolute atomic E-state index is 0.127. The molecule has 9 heteroatoms. The van der Waals surface area contributed by atoms with E-state index in [0.29, 0.717) is 24.7 Å². The molecular formula is C19H20ClFN3O4+. The molecule has 2 aromatic carbocycles. The topological polar surface area (TPSA) is 77.1 Å². The molecule has 28 heavy (non-hydrogen) atoms. The van der Waals surface area contributed by atoms with E-state index in [1.54, 1.807) is 17.0 Å². The van der Waals surface area contributed by atoms with Crippen molar-refractivity contribution in [2.75, 3.05) is 39.3 Å². The third-order valence-corrected chi connectivity index (χ3v) is 4.94. The summed E-state index contributed by atoms with van der Waals surface area (Å²) in [6, 6.07) is 10.4. The van der Waals surface area contributed by atoms with Gasteiger partial charge in [-0.25, -0.2) is 0 Å². The first-order chi connectivity index (χ1) is 13.4. The fraction of sp³-hybridized carbons (Fsp3) is 0.316. The van der Waals surface area contributed by atoms with Gasteiger partial charge in [-0.05, 0) is 36.4 Å². The van der Waals surface area contributed by atoms with Crippen LogP contribution in [0.5, 0.6) is 5.75 Å². The summed E-state index contributed by atoms with van der Waals surface area (Å²) in [4.78, 5) is 25.5. The van der Waals surface area contributed by atoms with Crippen LogP contribution in [0.15, 0.2) is 42.5 Å². The van der Waals surface area contributed by atoms with Gasteiger partial charge in [0.25, 0.3) is 5.91 Å². The van der Waals surface area contributed by atoms with Gasteiger partial charge in [0, 0.05) is 16.7 Å². The molecule has 0 bridgehead atoms. The van der Waals surface area contributed by atoms with Gasteiger partial charge in [-0.2, -0.15) is 4.39 Å². The van der Waals surface area contributed by atoms with Crippen molar-refractivity contribution >= 4 is 23.2 Å². The van der Waals surface area contributed by atoms with Crippen LogP contribution in [0.3, 0.4) is 0 Å². The number of piperazine rings is 1. The minimum Gasteiger partial charge on any atom is -0.488 e. The highest BCUT2D eigenvalue weighted by atomic mass is 35.5. The Labute approximate surface area is 166 Å². The molecule has 1 aliphatic rings. The van der Waals surface area contributed by atoms with Gasteiger partial charge in [-0.3, -0.25) is 14.9 Å². The molecule has 1 heterocycles. The molecule has 1 fully saturated rings. The van der Waals surface area contributed by atoms with Crippen molar-refractivity contribution in [1.29, 1.82) is 0 Å². The smallest absolute Gasteiger partial charge is 0.305 e. The van der Waals surface area contributed by atoms with Crippen molar-refractivity contribution in [1.82, 2.24) is 4.90 Å². The lowest BCUT2D eigenvalue weighted by molar-refractivity contribution is -0.903. The fourth-order valence-corrected chi connectivity index (χ4v) is 3.21. The quantitative estimate of drug-likeness (QED) is 0.584. The molecule has 0 atom stereocenters. The third kappa shape index (κ3) is 4.96. The summed E-state index contributed by atoms with van der Waals surface area (Å²) in [5.41, 5.74) is -0.558. The fourth-order valence-electron chi connectivity index (χ4n) is 3.09. The van der Waals surface area contributed by atoms with E-state index in [1.165, 1.54) is 11.0 Å². The Morgan fingerprint density at radius 1 is 1.21 bits per heavy atom. The zero-order valence-corrected chi connectivity index (χ0v) is 15.8. The predicted octanol–water partition coefficient (Wildman–Crippen LogP) is 1.81. The van der Waals surface area contributed by atoms with Gasteiger partial charge in [0.2, 0.25) is 5.82 Å². The normalized spacial score (nSPS) is 14.7. The second-order valence-corrected chi connectivity index (χ2v) is 6.95. The number of amides is 1. The van der Waals surface area contributed by atoms with Gasteiger partial charge >= 0.3 is 5.69 Å². The number of hydrogen-bond donors (Lipinski definition) is 1. The summed E-state index contributed by atoms with van der Waals surface area (Å²) in [5, 5.41) is 11.5. The Morgan fingerprint density at radius 2 is 1.89 bits per heavy atom. The van der Waals surface area contributed by atoms with Crippen molar-refractivity contribution in [3.63, 3.8) is 0 Å². The number of quaternary nitrogens is 1. The third-order valence-electron chi connectivity index (χ3n) is 4.69. The van der Waals surface area contributed by atoms with Crippen LogP contribution < -0.4 is 9.64 Å². The van der Waals surface area contributed by atoms with Gasteiger partial charge in [0.15, 0.2) is 0 Å². The van der Waals surface area contributed by atoms with E-state index < -0.39 is 16.4 Å². The first-order valence-electron chi connectivity index (χ1n) is 8.89. The zero-order valence-electron chi connectivity index (χ0n) is 15.1. The summed E-state index contributed by atoms with van der Waals surface area (Å²) in [6.45, 7) is 3.90. The van der Waals surface area contributed by atoms with Crippen molar-refractivity contribution in [3.05, 3.63) is 69.0 Å². The van der Waals surface area contributed by atoms with Crippen LogP contribution in [-0.4, -0.2) is 55.1 Å². The molecule has 0 aromatic heterocycles. The molecule has 1 saturated heterocycles. The Balaban J connectivity index is 1.48. The van der Waals surface area contributed by atoms with Crippen molar-refractivity contribution in [2.24, 2.45) is 0 Å². The van der Waals surface area contributed by atoms with Crippen LogP contribution in [0.4, 0.5) is 10.1 Å². The maximum absolute atomic E-state index is 13.4. The number of nitrogens with one attached hydrogen (secondary N) is 1. The van der Waals surface area contributed by atoms with Gasteiger partial charge in [0.05, 0.1) is 31.1 Å². The van der Waals surface area contributed by atoms with Gasteiger partial charge in [-0.15, -0.1) is 0 Å². The molecular weight excluding hydrogens is 389 g/mol. The SMILES string of the molecule is O=C(c1ccc(F)c([N+](=O)[O-])c1)N1CC[NH+](CCOc2ccc(Cl)cc2)CC1. The summed E-state index contributed by atoms with van der Waals surface area (Å²) in [5.74, 6) is -0.508. The Hall–Kier alpha value is -2.71. The van der Waals surface area contributed by atoms with Crippen molar-refractivity contribution < 1.29 is 23.7 Å². The summed E-state index contributed by atoms with van der Waals surface area (Å²) < 4.78 is 19.1. The van der Waals surface area contributed by atoms with Crippen LogP contribution in [-0.2, 0) is 0 Å². The van der Waals surface area contributed by atoms with Crippen molar-refractivity contribution in [2.45, 2.75) is 0 Å². The second-order valence-electron chi connectivity index (χ2n) is 6.52. The van der Waals surface area contributed by atoms with Crippen LogP contribution in [0, 0.1) is 15.9 Å². The van der Waals surface area contributed by atoms with E-state index in [-0.39, 0.29) is 11.5 Å². The van der Waals surface area contributed by atoms with E-state index in [4.69, 9.17) is 16.3 Å². The number of nitrogens with zero attached hydrogens (tertiary/aromatic N) is 2. The first-order valence-corrected chi connectivity index (χ1v) is 9.27. The molecule has 1 amide bonds. The summed E-state index contributed by atoms with van der Waals surface area (Å²) in [7, 11) is 0. The number of carbonyl (C=O) groups excluding carboxylic acids is 1. The number of hydrogen-bond acceptors (Lipinski definition) is 4. The number of carbonyl (C=O) groups is 1. The van der Waals surface area contributed by atoms with Crippen LogP contribution >= 0.6 is 11.6 Å². The molecule has 3 rings (SSSR count). The molecule has 0 radical (unpaired) electrons. The average molecular weight is 409 g/mol. The highest BCUT2D eigenvalue weighted by Crippen LogP contribution is 2.19. The molecule has 1 aliphatic heterocycles. The lowest BCUT2D eigenvalue weighted by atomic mass is 10.1. The maximum atomic E-state index is 13.4. The van der Waals surface area contributed by atoms with E-state index >= 15 is 0 Å². The lowest BCUT2D eigenvalue weighted by Crippen LogP contribution is -3.15. The molecule has 2 aromatic rings. The van der Waals surface area contributed by atoms with E-state index in [9.17, 15) is 19.3 Å². The number of ether oxygens (including phenoxy) is 1. The molecule has 7 nitrogen and oxygen atoms in total. The highest BCUT2D eigenvalue weighted by Gasteiger charge is 2.26. The molecule has 0 aliphatic carbocycles. The van der Waals surface area contributed by atoms with Crippen molar-refractivity contribution in [3.8, 4) is 5.75 Å². The molecule has 148 valence electrons. The van der Waals surface area contributed by atoms with E-state index in [2.05, 4.69) is 0 Å². The van der Waals surface area contributed by atoms with E-state index in [1.807, 2.05) is 12.1 Å². The van der Waals surface area contributed by atoms with Crippen LogP contribution in [0.1, 0.15) is 10.4 Å². The van der Waals surface area contributed by atoms with Gasteiger partial charge < -0.3 is 14.5 Å². The molecule has 0 saturated carbocycles. The average Bonchev–Trinajstić information content (AvgIpc) is 2.69. The number of benzene rings is 2. The van der Waals surface area contributed by atoms with E-state index in [0.717, 1.165) is 37.5 Å². The molecule has 0 spiro atoms. The van der Waals surface area contributed by atoms with Crippen LogP contribution in [0.2, 0.25) is 5.02 Å². The summed E-state index contributed by atoms with van der Waals surface area (Å²) in [6.07, 6.45) is 0. The minimum atomic E-state index is -0.948. The monoisotopic (exact) mass is 408 g/mol. The number of rotatable bonds is 6. The maximum Gasteiger partial charge on any atom is 0.305 e. The first kappa shape index (κ1) is 20.0. The zero-order chi connectivity index (χ0) is 20.1. The molecule has 1 N–H and O–H groups in total. The number of nitro groups is 1. The summed E-state index contributed by atoms with van der Waals surface area (Å²) >= 11 is 5.84. The number of nitro benzene ring substituents is 1.